The Bertz CT molecular complexity index is 238. The van der Waals surface area contributed by atoms with E-state index in [4.69, 9.17) is 5.11 Å². The molecule has 0 aliphatic carbocycles. The number of ketones is 1. The fraction of sp³-hybridized carbons (Fsp3) is 0.556. The third-order valence-corrected chi connectivity index (χ3v) is 1.73. The molecular weight excluding hydrogens is 170 g/mol. The first-order valence-corrected chi connectivity index (χ1v) is 4.06. The molecule has 0 rings (SSSR count). The molecule has 0 bridgehead atoms. The molecule has 0 radical (unpaired) electrons. The molecule has 4 nitrogen and oxygen atoms in total. The number of hydrogen-bond donors (Lipinski definition) is 1. The number of hydrogen-bond acceptors (Lipinski definition) is 3. The van der Waals surface area contributed by atoms with Crippen molar-refractivity contribution in [2.45, 2.75) is 20.3 Å². The van der Waals surface area contributed by atoms with E-state index in [2.05, 4.69) is 0 Å². The molecular formula is C9H15NO3. The predicted molar refractivity (Wildman–Crippen MR) is 49.3 cm³/mol. The van der Waals surface area contributed by atoms with Crippen molar-refractivity contribution in [1.29, 1.82) is 0 Å². The Kier molecular flexibility index (Phi) is 4.17. The van der Waals surface area contributed by atoms with Gasteiger partial charge < -0.3 is 10.0 Å². The number of rotatable bonds is 4. The van der Waals surface area contributed by atoms with Crippen LogP contribution in [0.3, 0.4) is 0 Å². The zero-order valence-electron chi connectivity index (χ0n) is 8.42. The zero-order chi connectivity index (χ0) is 10.6. The van der Waals surface area contributed by atoms with E-state index in [-0.39, 0.29) is 5.57 Å². The highest BCUT2D eigenvalue weighted by Gasteiger charge is 2.18. The van der Waals surface area contributed by atoms with Gasteiger partial charge in [0.1, 0.15) is 5.57 Å². The van der Waals surface area contributed by atoms with E-state index in [0.717, 1.165) is 0 Å². The highest BCUT2D eigenvalue weighted by molar-refractivity contribution is 6.16. The van der Waals surface area contributed by atoms with Gasteiger partial charge in [0, 0.05) is 19.8 Å². The van der Waals surface area contributed by atoms with Crippen LogP contribution in [0.15, 0.2) is 11.3 Å². The number of carboxylic acid groups (broad SMARTS) is 1. The van der Waals surface area contributed by atoms with E-state index in [1.54, 1.807) is 19.0 Å². The van der Waals surface area contributed by atoms with Crippen molar-refractivity contribution in [3.05, 3.63) is 11.3 Å². The van der Waals surface area contributed by atoms with Gasteiger partial charge in [-0.3, -0.25) is 4.79 Å². The fourth-order valence-electron chi connectivity index (χ4n) is 1.19. The molecule has 0 amide bonds. The summed E-state index contributed by atoms with van der Waals surface area (Å²) in [7, 11) is 3.45. The lowest BCUT2D eigenvalue weighted by molar-refractivity contribution is -0.134. The van der Waals surface area contributed by atoms with E-state index in [9.17, 15) is 9.59 Å². The maximum Gasteiger partial charge on any atom is 0.341 e. The van der Waals surface area contributed by atoms with Crippen molar-refractivity contribution < 1.29 is 14.7 Å². The quantitative estimate of drug-likeness (QED) is 0.401. The predicted octanol–water partition coefficient (Wildman–Crippen LogP) is 0.886. The van der Waals surface area contributed by atoms with Crippen molar-refractivity contribution in [3.8, 4) is 0 Å². The lowest BCUT2D eigenvalue weighted by Gasteiger charge is -2.17. The summed E-state index contributed by atoms with van der Waals surface area (Å²) in [5, 5.41) is 8.79. The summed E-state index contributed by atoms with van der Waals surface area (Å²) in [4.78, 5) is 23.4. The molecule has 0 saturated heterocycles. The molecule has 13 heavy (non-hydrogen) atoms. The van der Waals surface area contributed by atoms with Crippen LogP contribution in [0, 0.1) is 0 Å². The van der Waals surface area contributed by atoms with Crippen LogP contribution in [-0.2, 0) is 9.59 Å². The van der Waals surface area contributed by atoms with Gasteiger partial charge in [-0.25, -0.2) is 4.79 Å². The second-order valence-corrected chi connectivity index (χ2v) is 2.93. The Balaban J connectivity index is 5.26. The Morgan fingerprint density at radius 2 is 1.77 bits per heavy atom. The molecule has 0 aliphatic heterocycles. The average molecular weight is 185 g/mol. The molecule has 0 heterocycles. The minimum Gasteiger partial charge on any atom is -0.477 e. The van der Waals surface area contributed by atoms with E-state index < -0.39 is 11.8 Å². The second-order valence-electron chi connectivity index (χ2n) is 2.93. The van der Waals surface area contributed by atoms with Crippen molar-refractivity contribution >= 4 is 11.8 Å². The third-order valence-electron chi connectivity index (χ3n) is 1.73. The summed E-state index contributed by atoms with van der Waals surface area (Å²) in [5.74, 6) is -1.56. The molecule has 0 aliphatic rings. The molecule has 0 aromatic carbocycles. The lowest BCUT2D eigenvalue weighted by atomic mass is 10.1. The maximum absolute atomic E-state index is 11.0. The van der Waals surface area contributed by atoms with Gasteiger partial charge in [0.05, 0.1) is 0 Å². The first-order chi connectivity index (χ1) is 5.91. The summed E-state index contributed by atoms with van der Waals surface area (Å²) < 4.78 is 0. The molecule has 1 N–H and O–H groups in total. The highest BCUT2D eigenvalue weighted by Crippen LogP contribution is 2.12. The van der Waals surface area contributed by atoms with E-state index in [1.165, 1.54) is 6.92 Å². The highest BCUT2D eigenvalue weighted by atomic mass is 16.4. The monoisotopic (exact) mass is 185 g/mol. The van der Waals surface area contributed by atoms with Crippen molar-refractivity contribution in [2.75, 3.05) is 14.1 Å². The van der Waals surface area contributed by atoms with Gasteiger partial charge in [-0.1, -0.05) is 6.92 Å². The molecule has 0 unspecified atom stereocenters. The first-order valence-electron chi connectivity index (χ1n) is 4.06. The summed E-state index contributed by atoms with van der Waals surface area (Å²) in [6.07, 6.45) is 0.536. The van der Waals surface area contributed by atoms with Gasteiger partial charge in [-0.05, 0) is 13.3 Å². The van der Waals surface area contributed by atoms with Crippen molar-refractivity contribution in [2.24, 2.45) is 0 Å². The van der Waals surface area contributed by atoms with Crippen LogP contribution in [0.5, 0.6) is 0 Å². The molecule has 0 saturated carbocycles. The molecule has 0 aromatic rings. The third kappa shape index (κ3) is 2.89. The minimum atomic E-state index is -1.15. The normalized spacial score (nSPS) is 12.0. The number of carboxylic acids is 1. The second kappa shape index (κ2) is 4.64. The number of nitrogens with zero attached hydrogens (tertiary/aromatic N) is 1. The van der Waals surface area contributed by atoms with E-state index >= 15 is 0 Å². The Labute approximate surface area is 77.8 Å². The summed E-state index contributed by atoms with van der Waals surface area (Å²) in [6.45, 7) is 3.09. The Hall–Kier alpha value is -1.32. The van der Waals surface area contributed by atoms with Crippen LogP contribution in [0.2, 0.25) is 0 Å². The number of carbonyl (C=O) groups is 2. The minimum absolute atomic E-state index is 0.118. The zero-order valence-corrected chi connectivity index (χ0v) is 8.42. The summed E-state index contributed by atoms with van der Waals surface area (Å²) in [5.41, 5.74) is 0.438. The number of aliphatic carboxylic acids is 1. The van der Waals surface area contributed by atoms with Crippen LogP contribution < -0.4 is 0 Å². The molecule has 0 fully saturated rings. The maximum atomic E-state index is 11.0. The summed E-state index contributed by atoms with van der Waals surface area (Å²) >= 11 is 0. The summed E-state index contributed by atoms with van der Waals surface area (Å²) in [6, 6.07) is 0. The van der Waals surface area contributed by atoms with Gasteiger partial charge in [0.2, 0.25) is 0 Å². The average Bonchev–Trinajstić information content (AvgIpc) is 1.97. The van der Waals surface area contributed by atoms with Crippen molar-refractivity contribution in [3.63, 3.8) is 0 Å². The SMILES string of the molecule is CCC(=C(C(C)=O)C(=O)O)N(C)C. The number of Topliss-reactive ketones (excluding diaryl/α,β-unsaturated/α-hetero) is 1. The van der Waals surface area contributed by atoms with E-state index in [0.29, 0.717) is 12.1 Å². The van der Waals surface area contributed by atoms with Crippen molar-refractivity contribution in [1.82, 2.24) is 4.90 Å². The van der Waals surface area contributed by atoms with Gasteiger partial charge in [0.25, 0.3) is 0 Å². The molecule has 0 spiro atoms. The molecule has 4 heteroatoms. The van der Waals surface area contributed by atoms with Crippen LogP contribution in [-0.4, -0.2) is 35.9 Å². The van der Waals surface area contributed by atoms with Gasteiger partial charge in [0.15, 0.2) is 5.78 Å². The van der Waals surface area contributed by atoms with Gasteiger partial charge in [-0.15, -0.1) is 0 Å². The smallest absolute Gasteiger partial charge is 0.341 e. The lowest BCUT2D eigenvalue weighted by Crippen LogP contribution is -2.20. The fourth-order valence-corrected chi connectivity index (χ4v) is 1.19. The van der Waals surface area contributed by atoms with E-state index in [1.807, 2.05) is 6.92 Å². The van der Waals surface area contributed by atoms with Crippen LogP contribution >= 0.6 is 0 Å². The van der Waals surface area contributed by atoms with Crippen LogP contribution in [0.4, 0.5) is 0 Å². The number of allylic oxidation sites excluding steroid dienone is 1. The molecule has 0 aromatic heterocycles. The topological polar surface area (TPSA) is 57.6 Å². The Morgan fingerprint density at radius 3 is 1.85 bits per heavy atom. The van der Waals surface area contributed by atoms with Crippen LogP contribution in [0.1, 0.15) is 20.3 Å². The van der Waals surface area contributed by atoms with Crippen LogP contribution in [0.25, 0.3) is 0 Å². The molecule has 0 atom stereocenters. The first kappa shape index (κ1) is 11.7. The number of carbonyl (C=O) groups excluding carboxylic acids is 1. The van der Waals surface area contributed by atoms with Gasteiger partial charge in [-0.2, -0.15) is 0 Å². The Morgan fingerprint density at radius 1 is 1.31 bits per heavy atom. The molecule has 74 valence electrons. The standard InChI is InChI=1S/C9H15NO3/c1-5-7(10(3)4)8(6(2)11)9(12)13/h5H2,1-4H3,(H,12,13). The van der Waals surface area contributed by atoms with Gasteiger partial charge >= 0.3 is 5.97 Å². The largest absolute Gasteiger partial charge is 0.477 e.